The van der Waals surface area contributed by atoms with Crippen molar-refractivity contribution in [2.24, 2.45) is 0 Å². The molecule has 2 nitrogen and oxygen atoms in total. The first-order valence-electron chi connectivity index (χ1n) is 7.07. The van der Waals surface area contributed by atoms with Gasteiger partial charge in [-0.1, -0.05) is 48.0 Å². The van der Waals surface area contributed by atoms with Crippen molar-refractivity contribution >= 4 is 23.0 Å². The van der Waals surface area contributed by atoms with E-state index in [-0.39, 0.29) is 5.00 Å². The highest BCUT2D eigenvalue weighted by molar-refractivity contribution is 6.25. The summed E-state index contributed by atoms with van der Waals surface area (Å²) in [5.41, 5.74) is 2.38. The van der Waals surface area contributed by atoms with Gasteiger partial charge in [-0.25, -0.2) is 0 Å². The van der Waals surface area contributed by atoms with Crippen LogP contribution in [-0.4, -0.2) is 18.1 Å². The zero-order valence-electron chi connectivity index (χ0n) is 11.4. The highest BCUT2D eigenvalue weighted by Crippen LogP contribution is 2.32. The van der Waals surface area contributed by atoms with E-state index < -0.39 is 0 Å². The minimum absolute atomic E-state index is 0.327. The summed E-state index contributed by atoms with van der Waals surface area (Å²) >= 11 is 6.72. The van der Waals surface area contributed by atoms with Gasteiger partial charge >= 0.3 is 0 Å². The summed E-state index contributed by atoms with van der Waals surface area (Å²) < 4.78 is 0. The smallest absolute Gasteiger partial charge is 0.116 e. The number of alkyl halides is 1. The molecular weight excluding hydrogens is 268 g/mol. The Hall–Kier alpha value is -1.67. The molecule has 3 rings (SSSR count). The number of benzene rings is 2. The summed E-state index contributed by atoms with van der Waals surface area (Å²) in [6.07, 6.45) is 1.86. The van der Waals surface area contributed by atoms with Crippen LogP contribution in [0.1, 0.15) is 12.8 Å². The van der Waals surface area contributed by atoms with Gasteiger partial charge in [-0.3, -0.25) is 0 Å². The summed E-state index contributed by atoms with van der Waals surface area (Å²) in [6.45, 7) is 1.96. The Morgan fingerprint density at radius 2 is 1.40 bits per heavy atom. The van der Waals surface area contributed by atoms with Gasteiger partial charge < -0.3 is 10.2 Å². The molecule has 1 aliphatic heterocycles. The van der Waals surface area contributed by atoms with Gasteiger partial charge in [-0.05, 0) is 24.3 Å². The van der Waals surface area contributed by atoms with Crippen LogP contribution in [0.2, 0.25) is 0 Å². The predicted octanol–water partition coefficient (Wildman–Crippen LogP) is 4.33. The van der Waals surface area contributed by atoms with E-state index >= 15 is 0 Å². The van der Waals surface area contributed by atoms with E-state index in [9.17, 15) is 0 Å². The monoisotopic (exact) mass is 286 g/mol. The van der Waals surface area contributed by atoms with Crippen molar-refractivity contribution in [3.63, 3.8) is 0 Å². The topological polar surface area (TPSA) is 15.3 Å². The van der Waals surface area contributed by atoms with Crippen molar-refractivity contribution in [1.82, 2.24) is 0 Å². The number of piperidine rings is 1. The van der Waals surface area contributed by atoms with Crippen LogP contribution >= 0.6 is 11.6 Å². The molecule has 0 aromatic heterocycles. The molecule has 0 bridgehead atoms. The van der Waals surface area contributed by atoms with Crippen LogP contribution in [0, 0.1) is 0 Å². The molecule has 2 aromatic rings. The molecule has 1 fully saturated rings. The lowest BCUT2D eigenvalue weighted by Crippen LogP contribution is -2.45. The molecule has 1 heterocycles. The third kappa shape index (κ3) is 3.07. The molecule has 0 amide bonds. The average molecular weight is 287 g/mol. The van der Waals surface area contributed by atoms with Gasteiger partial charge in [-0.15, -0.1) is 0 Å². The predicted molar refractivity (Wildman–Crippen MR) is 86.5 cm³/mol. The highest BCUT2D eigenvalue weighted by atomic mass is 35.5. The Morgan fingerprint density at radius 3 is 2.00 bits per heavy atom. The van der Waals surface area contributed by atoms with Crippen molar-refractivity contribution in [1.29, 1.82) is 0 Å². The lowest BCUT2D eigenvalue weighted by atomic mass is 10.0. The zero-order chi connectivity index (χ0) is 13.8. The van der Waals surface area contributed by atoms with E-state index in [4.69, 9.17) is 11.6 Å². The van der Waals surface area contributed by atoms with Gasteiger partial charge in [0.25, 0.3) is 0 Å². The molecule has 1 saturated heterocycles. The zero-order valence-corrected chi connectivity index (χ0v) is 12.2. The summed E-state index contributed by atoms with van der Waals surface area (Å²) in [4.78, 5) is 2.07. The van der Waals surface area contributed by atoms with Crippen molar-refractivity contribution < 1.29 is 0 Å². The molecule has 0 spiro atoms. The van der Waals surface area contributed by atoms with Crippen LogP contribution < -0.4 is 10.2 Å². The van der Waals surface area contributed by atoms with Crippen LogP contribution in [0.4, 0.5) is 11.4 Å². The minimum Gasteiger partial charge on any atom is -0.371 e. The van der Waals surface area contributed by atoms with Crippen LogP contribution in [0.5, 0.6) is 0 Å². The molecule has 2 aromatic carbocycles. The van der Waals surface area contributed by atoms with Gasteiger partial charge in [0.05, 0.1) is 0 Å². The maximum atomic E-state index is 6.72. The molecule has 0 aliphatic carbocycles. The number of rotatable bonds is 3. The lowest BCUT2D eigenvalue weighted by molar-refractivity contribution is 0.481. The minimum atomic E-state index is -0.327. The third-order valence-electron chi connectivity index (χ3n) is 3.82. The van der Waals surface area contributed by atoms with E-state index in [0.717, 1.165) is 31.6 Å². The van der Waals surface area contributed by atoms with E-state index in [1.807, 2.05) is 18.2 Å². The van der Waals surface area contributed by atoms with E-state index in [2.05, 4.69) is 52.7 Å². The number of halogens is 1. The normalized spacial score (nSPS) is 17.8. The fraction of sp³-hybridized carbons (Fsp3) is 0.294. The van der Waals surface area contributed by atoms with Crippen LogP contribution in [0.3, 0.4) is 0 Å². The molecule has 20 heavy (non-hydrogen) atoms. The van der Waals surface area contributed by atoms with Gasteiger partial charge in [0.2, 0.25) is 0 Å². The van der Waals surface area contributed by atoms with Gasteiger partial charge in [0, 0.05) is 37.3 Å². The molecular formula is C17H19ClN2. The molecule has 104 valence electrons. The number of nitrogens with zero attached hydrogens (tertiary/aromatic N) is 1. The van der Waals surface area contributed by atoms with Crippen LogP contribution in [0.15, 0.2) is 60.7 Å². The third-order valence-corrected chi connectivity index (χ3v) is 4.29. The van der Waals surface area contributed by atoms with E-state index in [0.29, 0.717) is 0 Å². The Labute approximate surface area is 125 Å². The molecule has 1 aliphatic rings. The number of anilines is 2. The first-order chi connectivity index (χ1) is 9.75. The largest absolute Gasteiger partial charge is 0.371 e. The Bertz CT molecular complexity index is 533. The molecule has 1 N–H and O–H groups in total. The number of hydrogen-bond donors (Lipinski definition) is 1. The van der Waals surface area contributed by atoms with Crippen molar-refractivity contribution in [3.05, 3.63) is 60.7 Å². The summed E-state index contributed by atoms with van der Waals surface area (Å²) in [6, 6.07) is 20.7. The maximum Gasteiger partial charge on any atom is 0.116 e. The highest BCUT2D eigenvalue weighted by Gasteiger charge is 2.32. The maximum absolute atomic E-state index is 6.72. The number of para-hydroxylation sites is 2. The Kier molecular flexibility index (Phi) is 3.83. The van der Waals surface area contributed by atoms with Crippen molar-refractivity contribution in [2.45, 2.75) is 17.8 Å². The van der Waals surface area contributed by atoms with Crippen molar-refractivity contribution in [3.8, 4) is 0 Å². The second kappa shape index (κ2) is 5.76. The van der Waals surface area contributed by atoms with E-state index in [1.54, 1.807) is 0 Å². The second-order valence-corrected chi connectivity index (χ2v) is 6.00. The average Bonchev–Trinajstić information content (AvgIpc) is 2.50. The van der Waals surface area contributed by atoms with Crippen LogP contribution in [-0.2, 0) is 0 Å². The quantitative estimate of drug-likeness (QED) is 0.667. The molecule has 0 radical (unpaired) electrons. The molecule has 0 unspecified atom stereocenters. The van der Waals surface area contributed by atoms with Crippen molar-refractivity contribution in [2.75, 3.05) is 23.3 Å². The summed E-state index contributed by atoms with van der Waals surface area (Å²) in [5, 5.41) is 3.47. The Balaban J connectivity index is 1.63. The molecule has 0 atom stereocenters. The fourth-order valence-electron chi connectivity index (χ4n) is 2.66. The summed E-state index contributed by atoms with van der Waals surface area (Å²) in [5.74, 6) is 0. The second-order valence-electron chi connectivity index (χ2n) is 5.28. The van der Waals surface area contributed by atoms with Gasteiger partial charge in [0.1, 0.15) is 5.00 Å². The van der Waals surface area contributed by atoms with Crippen LogP contribution in [0.25, 0.3) is 0 Å². The van der Waals surface area contributed by atoms with Gasteiger partial charge in [-0.2, -0.15) is 0 Å². The van der Waals surface area contributed by atoms with Gasteiger partial charge in [0.15, 0.2) is 0 Å². The Morgan fingerprint density at radius 1 is 0.850 bits per heavy atom. The SMILES string of the molecule is ClC1(Nc2ccccc2)CCN(c2ccccc2)CC1. The fourth-order valence-corrected chi connectivity index (χ4v) is 2.94. The summed E-state index contributed by atoms with van der Waals surface area (Å²) in [7, 11) is 0. The number of nitrogens with one attached hydrogen (secondary N) is 1. The molecule has 0 saturated carbocycles. The standard InChI is InChI=1S/C17H19ClN2/c18-17(19-15-7-3-1-4-8-15)11-13-20(14-12-17)16-9-5-2-6-10-16/h1-10,19H,11-14H2. The lowest BCUT2D eigenvalue weighted by Gasteiger charge is -2.39. The van der Waals surface area contributed by atoms with E-state index in [1.165, 1.54) is 5.69 Å². The molecule has 3 heteroatoms. The first kappa shape index (κ1) is 13.3. The number of hydrogen-bond acceptors (Lipinski definition) is 2. The first-order valence-corrected chi connectivity index (χ1v) is 7.45.